The van der Waals surface area contributed by atoms with Gasteiger partial charge in [-0.25, -0.2) is 0 Å². The molecule has 6 fully saturated rings. The number of aliphatic hydroxyl groups is 9. The number of aliphatic hydroxyl groups excluding tert-OH is 8. The van der Waals surface area contributed by atoms with Crippen molar-refractivity contribution in [2.24, 2.45) is 46.3 Å². The Kier molecular flexibility index (Phi) is 12.5. The van der Waals surface area contributed by atoms with Crippen LogP contribution in [0.2, 0.25) is 0 Å². The number of ether oxygens (including phenoxy) is 5. The Morgan fingerprint density at radius 3 is 2.10 bits per heavy atom. The molecule has 0 radical (unpaired) electrons. The van der Waals surface area contributed by atoms with Crippen LogP contribution in [0.3, 0.4) is 0 Å². The molecule has 4 aliphatic carbocycles. The molecule has 0 bridgehead atoms. The van der Waals surface area contributed by atoms with Crippen molar-refractivity contribution in [3.05, 3.63) is 0 Å². The van der Waals surface area contributed by atoms with Crippen molar-refractivity contribution in [3.8, 4) is 0 Å². The lowest BCUT2D eigenvalue weighted by Gasteiger charge is -2.66. The van der Waals surface area contributed by atoms with Crippen molar-refractivity contribution in [1.82, 2.24) is 0 Å². The first-order chi connectivity index (χ1) is 24.5. The van der Waals surface area contributed by atoms with Gasteiger partial charge in [-0.05, 0) is 78.9 Å². The number of hydrogen-bond donors (Lipinski definition) is 9. The van der Waals surface area contributed by atoms with Crippen molar-refractivity contribution in [3.63, 3.8) is 0 Å². The molecule has 0 aromatic rings. The van der Waals surface area contributed by atoms with Gasteiger partial charge in [-0.2, -0.15) is 0 Å². The van der Waals surface area contributed by atoms with E-state index in [-0.39, 0.29) is 55.3 Å². The van der Waals surface area contributed by atoms with E-state index in [1.165, 1.54) is 7.11 Å². The van der Waals surface area contributed by atoms with Crippen LogP contribution in [0.4, 0.5) is 0 Å². The Balaban J connectivity index is 1.07. The highest BCUT2D eigenvalue weighted by Crippen LogP contribution is 2.70. The minimum atomic E-state index is -1.37. The molecule has 2 aliphatic heterocycles. The number of hydrogen-bond acceptors (Lipinski definition) is 14. The summed E-state index contributed by atoms with van der Waals surface area (Å²) in [6.07, 6.45) is -6.09. The van der Waals surface area contributed by atoms with E-state index in [4.69, 9.17) is 23.7 Å². The zero-order valence-corrected chi connectivity index (χ0v) is 31.4. The summed E-state index contributed by atoms with van der Waals surface area (Å²) in [6, 6.07) is 0. The first kappa shape index (κ1) is 41.1. The average molecular weight is 747 g/mol. The van der Waals surface area contributed by atoms with Crippen LogP contribution < -0.4 is 0 Å². The van der Waals surface area contributed by atoms with E-state index >= 15 is 0 Å². The largest absolute Gasteiger partial charge is 0.393 e. The van der Waals surface area contributed by atoms with E-state index in [0.717, 1.165) is 25.7 Å². The molecule has 52 heavy (non-hydrogen) atoms. The van der Waals surface area contributed by atoms with Gasteiger partial charge < -0.3 is 69.6 Å². The van der Waals surface area contributed by atoms with Gasteiger partial charge in [-0.3, -0.25) is 0 Å². The van der Waals surface area contributed by atoms with Crippen LogP contribution in [0.25, 0.3) is 0 Å². The molecule has 14 heteroatoms. The molecule has 302 valence electrons. The van der Waals surface area contributed by atoms with Gasteiger partial charge in [-0.1, -0.05) is 40.5 Å². The number of methoxy groups -OCH3 is 1. The van der Waals surface area contributed by atoms with Gasteiger partial charge in [0.1, 0.15) is 36.6 Å². The smallest absolute Gasteiger partial charge is 0.186 e. The van der Waals surface area contributed by atoms with E-state index in [1.54, 1.807) is 0 Å². The second-order valence-corrected chi connectivity index (χ2v) is 18.0. The predicted molar refractivity (Wildman–Crippen MR) is 184 cm³/mol. The highest BCUT2D eigenvalue weighted by Gasteiger charge is 2.72. The summed E-state index contributed by atoms with van der Waals surface area (Å²) in [6.45, 7) is 8.53. The summed E-state index contributed by atoms with van der Waals surface area (Å²) in [5.41, 5.74) is -2.34. The van der Waals surface area contributed by atoms with Crippen molar-refractivity contribution in [2.75, 3.05) is 26.9 Å². The molecule has 14 nitrogen and oxygen atoms in total. The maximum absolute atomic E-state index is 12.8. The van der Waals surface area contributed by atoms with E-state index in [0.29, 0.717) is 32.3 Å². The van der Waals surface area contributed by atoms with Gasteiger partial charge in [0.25, 0.3) is 0 Å². The van der Waals surface area contributed by atoms with Crippen molar-refractivity contribution < 1.29 is 69.6 Å². The van der Waals surface area contributed by atoms with Crippen LogP contribution in [0.15, 0.2) is 0 Å². The summed E-state index contributed by atoms with van der Waals surface area (Å²) in [4.78, 5) is 0. The predicted octanol–water partition coefficient (Wildman–Crippen LogP) is 0.0490. The Labute approximate surface area is 307 Å². The third-order valence-corrected chi connectivity index (χ3v) is 14.8. The van der Waals surface area contributed by atoms with Crippen LogP contribution in [-0.2, 0) is 23.7 Å². The van der Waals surface area contributed by atoms with Gasteiger partial charge in [0, 0.05) is 19.4 Å². The standard InChI is InChI=1S/C38H66O14/c1-18(15-49-34-31(46)27(42)23(40)16-50-34)7-6-8-19(2)26-29(44)30(45)33-37(26,4)12-10-25-36(3)11-9-20(13-21(36)22(39)14-38(25,33)47)52-35-32(48-5)28(43)24(41)17-51-35/h18-35,39-47H,6-17H2,1-5H3/t18?,19-,20+,21?,22-,23+,24-,25?,26+,27+,28+,29-,30+,31-,32-,33?,34+,35+,36+,37-,38+/m1/s1. The fourth-order valence-corrected chi connectivity index (χ4v) is 12.2. The molecular formula is C38H66O14. The molecule has 4 saturated carbocycles. The summed E-state index contributed by atoms with van der Waals surface area (Å²) < 4.78 is 28.5. The van der Waals surface area contributed by atoms with Crippen LogP contribution in [0, 0.1) is 46.3 Å². The quantitative estimate of drug-likeness (QED) is 0.127. The first-order valence-corrected chi connectivity index (χ1v) is 19.7. The van der Waals surface area contributed by atoms with Gasteiger partial charge in [0.2, 0.25) is 0 Å². The molecule has 6 rings (SSSR count). The summed E-state index contributed by atoms with van der Waals surface area (Å²) in [5.74, 6) is -1.02. The molecule has 2 saturated heterocycles. The maximum Gasteiger partial charge on any atom is 0.186 e. The second kappa shape index (κ2) is 15.8. The Hall–Kier alpha value is -0.560. The monoisotopic (exact) mass is 746 g/mol. The van der Waals surface area contributed by atoms with Gasteiger partial charge >= 0.3 is 0 Å². The highest BCUT2D eigenvalue weighted by atomic mass is 16.7. The van der Waals surface area contributed by atoms with Gasteiger partial charge in [0.15, 0.2) is 12.6 Å². The third-order valence-electron chi connectivity index (χ3n) is 14.8. The molecule has 21 atom stereocenters. The molecule has 0 aromatic carbocycles. The maximum atomic E-state index is 12.8. The third kappa shape index (κ3) is 7.14. The molecule has 4 unspecified atom stereocenters. The van der Waals surface area contributed by atoms with Crippen LogP contribution in [0.5, 0.6) is 0 Å². The van der Waals surface area contributed by atoms with E-state index in [9.17, 15) is 46.0 Å². The SMILES string of the molecule is CO[C@H]1[C@H](O[C@H]2CC[C@@]3(C)C(C2)[C@H](O)C[C@]2(O)C3CC[C@@]3(C)C2[C@@H](O)[C@H](O)[C@@H]3[C@H](C)CCCC(C)CO[C@H]2OC[C@H](O)[C@H](O)[C@H]2O)OC[C@@H](O)[C@@H]1O. The number of rotatable bonds is 11. The molecule has 0 amide bonds. The topological polar surface area (TPSA) is 228 Å². The van der Waals surface area contributed by atoms with Crippen LogP contribution in [0.1, 0.15) is 85.5 Å². The molecule has 2 heterocycles. The van der Waals surface area contributed by atoms with Crippen molar-refractivity contribution in [1.29, 1.82) is 0 Å². The van der Waals surface area contributed by atoms with E-state index in [1.807, 2.05) is 6.92 Å². The molecule has 6 aliphatic rings. The minimum absolute atomic E-state index is 0.0510. The normalized spacial score (nSPS) is 53.4. The zero-order chi connectivity index (χ0) is 37.9. The minimum Gasteiger partial charge on any atom is -0.393 e. The van der Waals surface area contributed by atoms with Crippen LogP contribution >= 0.6 is 0 Å². The first-order valence-electron chi connectivity index (χ1n) is 19.7. The van der Waals surface area contributed by atoms with Crippen molar-refractivity contribution in [2.45, 2.75) is 165 Å². The zero-order valence-electron chi connectivity index (χ0n) is 31.4. The Morgan fingerprint density at radius 2 is 1.40 bits per heavy atom. The lowest BCUT2D eigenvalue weighted by atomic mass is 9.42. The summed E-state index contributed by atoms with van der Waals surface area (Å²) >= 11 is 0. The highest BCUT2D eigenvalue weighted by molar-refractivity contribution is 5.21. The molecular weight excluding hydrogens is 680 g/mol. The average Bonchev–Trinajstić information content (AvgIpc) is 3.30. The Morgan fingerprint density at radius 1 is 0.750 bits per heavy atom. The van der Waals surface area contributed by atoms with Gasteiger partial charge in [0.05, 0.1) is 49.8 Å². The van der Waals surface area contributed by atoms with Gasteiger partial charge in [-0.15, -0.1) is 0 Å². The Bertz CT molecular complexity index is 1200. The van der Waals surface area contributed by atoms with E-state index < -0.39 is 89.9 Å². The lowest BCUT2D eigenvalue weighted by Crippen LogP contribution is -2.69. The fourth-order valence-electron chi connectivity index (χ4n) is 12.2. The summed E-state index contributed by atoms with van der Waals surface area (Å²) in [7, 11) is 1.44. The summed E-state index contributed by atoms with van der Waals surface area (Å²) in [5, 5.41) is 98.2. The molecule has 0 spiro atoms. The van der Waals surface area contributed by atoms with E-state index in [2.05, 4.69) is 20.8 Å². The fraction of sp³-hybridized carbons (Fsp3) is 1.00. The molecule has 0 aromatic heterocycles. The van der Waals surface area contributed by atoms with Crippen LogP contribution in [-0.4, -0.2) is 152 Å². The lowest BCUT2D eigenvalue weighted by molar-refractivity contribution is -0.303. The second-order valence-electron chi connectivity index (χ2n) is 18.0. The number of fused-ring (bicyclic) bond motifs is 5. The van der Waals surface area contributed by atoms with Crippen molar-refractivity contribution >= 4 is 0 Å². The molecule has 9 N–H and O–H groups in total.